The summed E-state index contributed by atoms with van der Waals surface area (Å²) in [6, 6.07) is 7.47. The normalized spacial score (nSPS) is 11.4. The first-order valence-corrected chi connectivity index (χ1v) is 7.12. The molecule has 21 heavy (non-hydrogen) atoms. The van der Waals surface area contributed by atoms with Crippen molar-refractivity contribution in [2.45, 2.75) is 26.7 Å². The van der Waals surface area contributed by atoms with Crippen molar-refractivity contribution in [3.63, 3.8) is 0 Å². The van der Waals surface area contributed by atoms with Gasteiger partial charge in [-0.3, -0.25) is 9.89 Å². The van der Waals surface area contributed by atoms with Crippen LogP contribution < -0.4 is 11.1 Å². The summed E-state index contributed by atoms with van der Waals surface area (Å²) in [6.45, 7) is 4.33. The summed E-state index contributed by atoms with van der Waals surface area (Å²) in [6.07, 6.45) is 2.91. The first-order valence-electron chi connectivity index (χ1n) is 7.12. The van der Waals surface area contributed by atoms with Gasteiger partial charge in [-0.1, -0.05) is 13.8 Å². The smallest absolute Gasteiger partial charge is 0.231 e. The van der Waals surface area contributed by atoms with E-state index in [2.05, 4.69) is 20.5 Å². The van der Waals surface area contributed by atoms with Crippen LogP contribution in [0, 0.1) is 5.41 Å². The van der Waals surface area contributed by atoms with Gasteiger partial charge in [0, 0.05) is 17.8 Å². The molecule has 1 amide bonds. The van der Waals surface area contributed by atoms with Crippen LogP contribution in [0.25, 0.3) is 11.4 Å². The van der Waals surface area contributed by atoms with Crippen molar-refractivity contribution in [1.82, 2.24) is 15.2 Å². The fourth-order valence-electron chi connectivity index (χ4n) is 2.27. The molecule has 2 rings (SSSR count). The largest absolute Gasteiger partial charge is 0.329 e. The third-order valence-electron chi connectivity index (χ3n) is 4.06. The number of anilines is 1. The Morgan fingerprint density at radius 1 is 1.29 bits per heavy atom. The molecule has 0 spiro atoms. The minimum Gasteiger partial charge on any atom is -0.329 e. The van der Waals surface area contributed by atoms with Gasteiger partial charge in [0.15, 0.2) is 5.82 Å². The van der Waals surface area contributed by atoms with Crippen LogP contribution in [0.3, 0.4) is 0 Å². The van der Waals surface area contributed by atoms with E-state index in [9.17, 15) is 4.79 Å². The SMILES string of the molecule is CCC(CC)(CN)C(=O)Nc1ccc(-c2ncn[nH]2)cc1. The zero-order valence-electron chi connectivity index (χ0n) is 12.4. The molecule has 0 aliphatic heterocycles. The number of carbonyl (C=O) groups is 1. The van der Waals surface area contributed by atoms with E-state index < -0.39 is 5.41 Å². The van der Waals surface area contributed by atoms with E-state index in [1.807, 2.05) is 38.1 Å². The van der Waals surface area contributed by atoms with E-state index in [4.69, 9.17) is 5.73 Å². The second kappa shape index (κ2) is 6.49. The lowest BCUT2D eigenvalue weighted by Gasteiger charge is -2.28. The highest BCUT2D eigenvalue weighted by molar-refractivity contribution is 5.95. The third kappa shape index (κ3) is 3.11. The number of nitrogens with two attached hydrogens (primary N) is 1. The zero-order chi connectivity index (χ0) is 15.3. The quantitative estimate of drug-likeness (QED) is 0.758. The van der Waals surface area contributed by atoms with Crippen molar-refractivity contribution in [2.24, 2.45) is 11.1 Å². The van der Waals surface area contributed by atoms with Crippen LogP contribution in [-0.2, 0) is 4.79 Å². The number of hydrogen-bond donors (Lipinski definition) is 3. The van der Waals surface area contributed by atoms with Crippen molar-refractivity contribution in [2.75, 3.05) is 11.9 Å². The molecule has 0 fully saturated rings. The number of nitrogens with one attached hydrogen (secondary N) is 2. The van der Waals surface area contributed by atoms with Crippen molar-refractivity contribution in [3.05, 3.63) is 30.6 Å². The Labute approximate surface area is 124 Å². The predicted octanol–water partition coefficient (Wildman–Crippen LogP) is 2.18. The highest BCUT2D eigenvalue weighted by Crippen LogP contribution is 2.27. The number of aromatic nitrogens is 3. The van der Waals surface area contributed by atoms with Crippen molar-refractivity contribution < 1.29 is 4.79 Å². The van der Waals surface area contributed by atoms with Crippen molar-refractivity contribution in [1.29, 1.82) is 0 Å². The van der Waals surface area contributed by atoms with E-state index in [0.717, 1.165) is 24.1 Å². The number of carbonyl (C=O) groups excluding carboxylic acids is 1. The maximum absolute atomic E-state index is 12.4. The van der Waals surface area contributed by atoms with E-state index in [1.165, 1.54) is 6.33 Å². The molecule has 6 heteroatoms. The lowest BCUT2D eigenvalue weighted by Crippen LogP contribution is -2.41. The lowest BCUT2D eigenvalue weighted by atomic mass is 9.81. The molecule has 1 aromatic carbocycles. The first-order chi connectivity index (χ1) is 10.1. The second-order valence-corrected chi connectivity index (χ2v) is 5.06. The molecular weight excluding hydrogens is 266 g/mol. The third-order valence-corrected chi connectivity index (χ3v) is 4.06. The van der Waals surface area contributed by atoms with Crippen LogP contribution in [0.5, 0.6) is 0 Å². The molecule has 1 heterocycles. The summed E-state index contributed by atoms with van der Waals surface area (Å²) in [5, 5.41) is 9.56. The summed E-state index contributed by atoms with van der Waals surface area (Å²) in [5.41, 5.74) is 6.97. The number of rotatable bonds is 6. The van der Waals surface area contributed by atoms with Gasteiger partial charge in [-0.25, -0.2) is 4.98 Å². The van der Waals surface area contributed by atoms with Gasteiger partial charge in [0.1, 0.15) is 6.33 Å². The highest BCUT2D eigenvalue weighted by Gasteiger charge is 2.33. The molecule has 0 aliphatic rings. The zero-order valence-corrected chi connectivity index (χ0v) is 12.4. The van der Waals surface area contributed by atoms with Crippen LogP contribution in [0.4, 0.5) is 5.69 Å². The summed E-state index contributed by atoms with van der Waals surface area (Å²) in [5.74, 6) is 0.675. The average Bonchev–Trinajstić information content (AvgIpc) is 3.05. The summed E-state index contributed by atoms with van der Waals surface area (Å²) >= 11 is 0. The van der Waals surface area contributed by atoms with Gasteiger partial charge in [0.05, 0.1) is 5.41 Å². The minimum atomic E-state index is -0.496. The van der Waals surface area contributed by atoms with E-state index in [1.54, 1.807) is 0 Å². The van der Waals surface area contributed by atoms with Crippen LogP contribution in [-0.4, -0.2) is 27.6 Å². The monoisotopic (exact) mass is 287 g/mol. The number of H-pyrrole nitrogens is 1. The lowest BCUT2D eigenvalue weighted by molar-refractivity contribution is -0.125. The van der Waals surface area contributed by atoms with Crippen LogP contribution >= 0.6 is 0 Å². The summed E-state index contributed by atoms with van der Waals surface area (Å²) < 4.78 is 0. The Hall–Kier alpha value is -2.21. The Kier molecular flexibility index (Phi) is 4.70. The Morgan fingerprint density at radius 2 is 1.95 bits per heavy atom. The topological polar surface area (TPSA) is 96.7 Å². The molecule has 0 atom stereocenters. The maximum Gasteiger partial charge on any atom is 0.231 e. The predicted molar refractivity (Wildman–Crippen MR) is 82.5 cm³/mol. The maximum atomic E-state index is 12.4. The fourth-order valence-corrected chi connectivity index (χ4v) is 2.27. The summed E-state index contributed by atoms with van der Waals surface area (Å²) in [4.78, 5) is 16.5. The Morgan fingerprint density at radius 3 is 2.43 bits per heavy atom. The van der Waals surface area contributed by atoms with E-state index >= 15 is 0 Å². The number of benzene rings is 1. The number of amides is 1. The molecule has 0 unspecified atom stereocenters. The fraction of sp³-hybridized carbons (Fsp3) is 0.400. The van der Waals surface area contributed by atoms with Gasteiger partial charge in [0.25, 0.3) is 0 Å². The second-order valence-electron chi connectivity index (χ2n) is 5.06. The Bertz CT molecular complexity index is 564. The molecule has 2 aromatic rings. The first kappa shape index (κ1) is 15.2. The van der Waals surface area contributed by atoms with Gasteiger partial charge in [0.2, 0.25) is 5.91 Å². The average molecular weight is 287 g/mol. The van der Waals surface area contributed by atoms with Crippen molar-refractivity contribution in [3.8, 4) is 11.4 Å². The molecule has 1 aromatic heterocycles. The van der Waals surface area contributed by atoms with Gasteiger partial charge in [-0.05, 0) is 37.1 Å². The molecule has 0 saturated carbocycles. The van der Waals surface area contributed by atoms with Gasteiger partial charge in [-0.2, -0.15) is 5.10 Å². The molecule has 6 nitrogen and oxygen atoms in total. The minimum absolute atomic E-state index is 0.0255. The van der Waals surface area contributed by atoms with Crippen molar-refractivity contribution >= 4 is 11.6 Å². The molecular formula is C15H21N5O. The van der Waals surface area contributed by atoms with E-state index in [-0.39, 0.29) is 5.91 Å². The molecule has 0 radical (unpaired) electrons. The van der Waals surface area contributed by atoms with Gasteiger partial charge >= 0.3 is 0 Å². The number of nitrogens with zero attached hydrogens (tertiary/aromatic N) is 2. The Balaban J connectivity index is 2.11. The number of hydrogen-bond acceptors (Lipinski definition) is 4. The highest BCUT2D eigenvalue weighted by atomic mass is 16.2. The molecule has 0 saturated heterocycles. The van der Waals surface area contributed by atoms with E-state index in [0.29, 0.717) is 12.4 Å². The standard InChI is InChI=1S/C15H21N5O/c1-3-15(4-2,9-16)14(21)19-12-7-5-11(6-8-12)13-17-10-18-20-13/h5-8,10H,3-4,9,16H2,1-2H3,(H,19,21)(H,17,18,20). The number of aromatic amines is 1. The molecule has 112 valence electrons. The molecule has 0 bridgehead atoms. The van der Waals surface area contributed by atoms with Crippen LogP contribution in [0.2, 0.25) is 0 Å². The van der Waals surface area contributed by atoms with Crippen LogP contribution in [0.15, 0.2) is 30.6 Å². The molecule has 0 aliphatic carbocycles. The van der Waals surface area contributed by atoms with Crippen LogP contribution in [0.1, 0.15) is 26.7 Å². The summed E-state index contributed by atoms with van der Waals surface area (Å²) in [7, 11) is 0. The molecule has 4 N–H and O–H groups in total. The van der Waals surface area contributed by atoms with Gasteiger partial charge in [-0.15, -0.1) is 0 Å². The van der Waals surface area contributed by atoms with Gasteiger partial charge < -0.3 is 11.1 Å².